The van der Waals surface area contributed by atoms with Crippen molar-refractivity contribution in [2.45, 2.75) is 40.5 Å². The number of ether oxygens (including phenoxy) is 1. The molecule has 174 valence electrons. The molecule has 0 aromatic carbocycles. The van der Waals surface area contributed by atoms with Gasteiger partial charge in [0.15, 0.2) is 0 Å². The van der Waals surface area contributed by atoms with Crippen LogP contribution in [0.2, 0.25) is 0 Å². The van der Waals surface area contributed by atoms with Crippen LogP contribution in [-0.4, -0.2) is 74.7 Å². The monoisotopic (exact) mass is 438 g/mol. The Morgan fingerprint density at radius 3 is 2.03 bits per heavy atom. The number of nitrogens with one attached hydrogen (secondary N) is 2. The van der Waals surface area contributed by atoms with E-state index in [1.54, 1.807) is 0 Å². The van der Waals surface area contributed by atoms with E-state index in [-0.39, 0.29) is 55.0 Å². The van der Waals surface area contributed by atoms with Gasteiger partial charge in [-0.25, -0.2) is 0 Å². The zero-order chi connectivity index (χ0) is 23.5. The molecule has 0 aromatic heterocycles. The molecule has 1 aliphatic rings. The molecule has 0 aromatic rings. The highest BCUT2D eigenvalue weighted by Gasteiger charge is 2.27. The minimum atomic E-state index is -0.417. The van der Waals surface area contributed by atoms with Crippen LogP contribution in [0.4, 0.5) is 0 Å². The molecule has 0 saturated carbocycles. The van der Waals surface area contributed by atoms with Crippen LogP contribution >= 0.6 is 0 Å². The zero-order valence-corrected chi connectivity index (χ0v) is 19.0. The van der Waals surface area contributed by atoms with Gasteiger partial charge in [0.1, 0.15) is 7.11 Å². The Bertz CT molecular complexity index is 697. The number of hydrogen-bond acceptors (Lipinski definition) is 7. The Kier molecular flexibility index (Phi) is 10.3. The fourth-order valence-corrected chi connectivity index (χ4v) is 2.93. The van der Waals surface area contributed by atoms with Gasteiger partial charge in [0.25, 0.3) is 11.8 Å². The normalized spacial score (nSPS) is 14.4. The average Bonchev–Trinajstić information content (AvgIpc) is 2.96. The van der Waals surface area contributed by atoms with Crippen LogP contribution in [0.5, 0.6) is 0 Å². The van der Waals surface area contributed by atoms with Gasteiger partial charge in [-0.15, -0.1) is 0 Å². The number of nitrogens with zero attached hydrogens (tertiary/aromatic N) is 2. The molecule has 10 heteroatoms. The molecule has 2 N–H and O–H groups in total. The summed E-state index contributed by atoms with van der Waals surface area (Å²) in [5.74, 6) is -1.03. The summed E-state index contributed by atoms with van der Waals surface area (Å²) in [5.41, 5.74) is -0.788. The first-order chi connectivity index (χ1) is 14.5. The molecule has 31 heavy (non-hydrogen) atoms. The standard InChI is InChI=1S/C21H34N4O6/c1-20(2,12-16(26)22-8-9-24-30-5)14-31-15-21(3,4)13-17(27)23-10-11-25-18(28)6-7-19(25)29/h6-7,9H,8,10-15H2,1-5H3,(H,22,26)(H,23,27)/b24-9+. The Balaban J connectivity index is 2.28. The van der Waals surface area contributed by atoms with Crippen molar-refractivity contribution in [2.24, 2.45) is 16.0 Å². The number of oxime groups is 1. The first-order valence-electron chi connectivity index (χ1n) is 10.2. The largest absolute Gasteiger partial charge is 0.399 e. The molecule has 0 saturated heterocycles. The summed E-state index contributed by atoms with van der Waals surface area (Å²) in [7, 11) is 1.43. The van der Waals surface area contributed by atoms with E-state index in [1.165, 1.54) is 25.5 Å². The van der Waals surface area contributed by atoms with Gasteiger partial charge in [0.05, 0.1) is 26.0 Å². The van der Waals surface area contributed by atoms with Crippen LogP contribution < -0.4 is 10.6 Å². The van der Waals surface area contributed by atoms with Crippen molar-refractivity contribution in [3.8, 4) is 0 Å². The van der Waals surface area contributed by atoms with E-state index in [9.17, 15) is 19.2 Å². The lowest BCUT2D eigenvalue weighted by Crippen LogP contribution is -2.39. The predicted molar refractivity (Wildman–Crippen MR) is 115 cm³/mol. The lowest BCUT2D eigenvalue weighted by molar-refractivity contribution is -0.137. The molecule has 10 nitrogen and oxygen atoms in total. The third-order valence-corrected chi connectivity index (χ3v) is 4.39. The van der Waals surface area contributed by atoms with E-state index in [4.69, 9.17) is 4.74 Å². The Hall–Kier alpha value is -2.75. The van der Waals surface area contributed by atoms with Gasteiger partial charge in [-0.1, -0.05) is 32.9 Å². The van der Waals surface area contributed by atoms with Gasteiger partial charge in [0, 0.05) is 38.1 Å². The summed E-state index contributed by atoms with van der Waals surface area (Å²) >= 11 is 0. The molecule has 1 rings (SSSR count). The molecule has 0 atom stereocenters. The number of hydrogen-bond donors (Lipinski definition) is 2. The molecule has 0 aliphatic carbocycles. The predicted octanol–water partition coefficient (Wildman–Crippen LogP) is 0.625. The number of amides is 4. The highest BCUT2D eigenvalue weighted by atomic mass is 16.6. The fraction of sp³-hybridized carbons (Fsp3) is 0.667. The second-order valence-electron chi connectivity index (χ2n) is 8.96. The van der Waals surface area contributed by atoms with E-state index >= 15 is 0 Å². The highest BCUT2D eigenvalue weighted by molar-refractivity contribution is 6.12. The van der Waals surface area contributed by atoms with Crippen LogP contribution in [0, 0.1) is 10.8 Å². The van der Waals surface area contributed by atoms with Crippen molar-refractivity contribution in [3.63, 3.8) is 0 Å². The molecular formula is C21H34N4O6. The fourth-order valence-electron chi connectivity index (χ4n) is 2.93. The lowest BCUT2D eigenvalue weighted by Gasteiger charge is -2.28. The molecular weight excluding hydrogens is 404 g/mol. The molecule has 1 heterocycles. The van der Waals surface area contributed by atoms with Crippen molar-refractivity contribution in [2.75, 3.05) is 40.0 Å². The third kappa shape index (κ3) is 10.7. The maximum atomic E-state index is 12.2. The van der Waals surface area contributed by atoms with Crippen molar-refractivity contribution in [3.05, 3.63) is 12.2 Å². The summed E-state index contributed by atoms with van der Waals surface area (Å²) in [5, 5.41) is 9.01. The van der Waals surface area contributed by atoms with Gasteiger partial charge in [-0.05, 0) is 10.8 Å². The molecule has 0 radical (unpaired) electrons. The zero-order valence-electron chi connectivity index (χ0n) is 19.0. The average molecular weight is 439 g/mol. The summed E-state index contributed by atoms with van der Waals surface area (Å²) in [6.45, 7) is 9.05. The van der Waals surface area contributed by atoms with E-state index < -0.39 is 5.41 Å². The van der Waals surface area contributed by atoms with Crippen LogP contribution in [0.25, 0.3) is 0 Å². The smallest absolute Gasteiger partial charge is 0.253 e. The minimum absolute atomic E-state index is 0.111. The molecule has 0 fully saturated rings. The van der Waals surface area contributed by atoms with Crippen LogP contribution in [0.1, 0.15) is 40.5 Å². The lowest BCUT2D eigenvalue weighted by atomic mass is 9.88. The maximum Gasteiger partial charge on any atom is 0.253 e. The Morgan fingerprint density at radius 2 is 1.52 bits per heavy atom. The summed E-state index contributed by atoms with van der Waals surface area (Å²) in [6.07, 6.45) is 4.41. The number of imide groups is 1. The summed E-state index contributed by atoms with van der Waals surface area (Å²) < 4.78 is 5.81. The molecule has 1 aliphatic heterocycles. The van der Waals surface area contributed by atoms with E-state index in [0.29, 0.717) is 19.8 Å². The van der Waals surface area contributed by atoms with E-state index in [1.807, 2.05) is 27.7 Å². The first kappa shape index (κ1) is 26.3. The molecule has 0 unspecified atom stereocenters. The number of carbonyl (C=O) groups excluding carboxylic acids is 4. The van der Waals surface area contributed by atoms with Crippen LogP contribution in [-0.2, 0) is 28.8 Å². The van der Waals surface area contributed by atoms with E-state index in [0.717, 1.165) is 4.90 Å². The number of carbonyl (C=O) groups is 4. The topological polar surface area (TPSA) is 126 Å². The van der Waals surface area contributed by atoms with Crippen LogP contribution in [0.3, 0.4) is 0 Å². The van der Waals surface area contributed by atoms with Gasteiger partial charge in [-0.3, -0.25) is 24.1 Å². The first-order valence-corrected chi connectivity index (χ1v) is 10.2. The van der Waals surface area contributed by atoms with Crippen molar-refractivity contribution in [1.82, 2.24) is 15.5 Å². The molecule has 0 bridgehead atoms. The summed E-state index contributed by atoms with van der Waals surface area (Å²) in [6, 6.07) is 0. The maximum absolute atomic E-state index is 12.2. The quantitative estimate of drug-likeness (QED) is 0.233. The van der Waals surface area contributed by atoms with Crippen molar-refractivity contribution < 1.29 is 28.8 Å². The third-order valence-electron chi connectivity index (χ3n) is 4.39. The number of rotatable bonds is 14. The van der Waals surface area contributed by atoms with E-state index in [2.05, 4.69) is 20.6 Å². The van der Waals surface area contributed by atoms with Gasteiger partial charge >= 0.3 is 0 Å². The minimum Gasteiger partial charge on any atom is -0.399 e. The van der Waals surface area contributed by atoms with Crippen molar-refractivity contribution >= 4 is 29.8 Å². The SMILES string of the molecule is CO/N=C/CNC(=O)CC(C)(C)COCC(C)(C)CC(=O)NCCN1C(=O)C=CC1=O. The van der Waals surface area contributed by atoms with Gasteiger partial charge < -0.3 is 20.2 Å². The van der Waals surface area contributed by atoms with Gasteiger partial charge in [-0.2, -0.15) is 0 Å². The van der Waals surface area contributed by atoms with Crippen LogP contribution in [0.15, 0.2) is 17.3 Å². The Labute approximate surface area is 183 Å². The van der Waals surface area contributed by atoms with Gasteiger partial charge in [0.2, 0.25) is 11.8 Å². The Morgan fingerprint density at radius 1 is 1.00 bits per heavy atom. The second-order valence-corrected chi connectivity index (χ2v) is 8.96. The summed E-state index contributed by atoms with van der Waals surface area (Å²) in [4.78, 5) is 52.8. The van der Waals surface area contributed by atoms with Crippen molar-refractivity contribution in [1.29, 1.82) is 0 Å². The second kappa shape index (κ2) is 12.2. The highest BCUT2D eigenvalue weighted by Crippen LogP contribution is 2.25. The molecule has 0 spiro atoms. The molecule has 4 amide bonds.